The van der Waals surface area contributed by atoms with E-state index in [1.165, 1.54) is 55.6 Å². The summed E-state index contributed by atoms with van der Waals surface area (Å²) in [6.45, 7) is 7.07. The monoisotopic (exact) mass is 312 g/mol. The van der Waals surface area contributed by atoms with E-state index in [0.29, 0.717) is 18.1 Å². The van der Waals surface area contributed by atoms with Gasteiger partial charge < -0.3 is 10.2 Å². The Balaban J connectivity index is 1.60. The number of halogens is 1. The molecule has 1 aromatic rings. The van der Waals surface area contributed by atoms with E-state index in [-0.39, 0.29) is 0 Å². The van der Waals surface area contributed by atoms with E-state index < -0.39 is 0 Å². The number of likely N-dealkylation sites (tertiary alicyclic amines) is 1. The van der Waals surface area contributed by atoms with Gasteiger partial charge in [0, 0.05) is 23.0 Å². The van der Waals surface area contributed by atoms with Crippen molar-refractivity contribution in [1.82, 2.24) is 10.2 Å². The quantitative estimate of drug-likeness (QED) is 0.898. The number of hydrogen-bond acceptors (Lipinski definition) is 3. The second kappa shape index (κ2) is 6.35. The van der Waals surface area contributed by atoms with Gasteiger partial charge in [-0.2, -0.15) is 0 Å². The van der Waals surface area contributed by atoms with Crippen LogP contribution in [0.3, 0.4) is 0 Å². The van der Waals surface area contributed by atoms with Crippen LogP contribution in [-0.2, 0) is 6.42 Å². The van der Waals surface area contributed by atoms with Crippen molar-refractivity contribution in [2.24, 2.45) is 0 Å². The molecule has 112 valence electrons. The lowest BCUT2D eigenvalue weighted by molar-refractivity contribution is 0.155. The van der Waals surface area contributed by atoms with Crippen molar-refractivity contribution < 1.29 is 0 Å². The molecule has 1 aliphatic carbocycles. The average molecular weight is 313 g/mol. The third-order valence-electron chi connectivity index (χ3n) is 4.78. The van der Waals surface area contributed by atoms with Crippen molar-refractivity contribution in [3.05, 3.63) is 20.8 Å². The van der Waals surface area contributed by atoms with E-state index >= 15 is 0 Å². The van der Waals surface area contributed by atoms with E-state index in [4.69, 9.17) is 11.6 Å². The number of piperidine rings is 1. The van der Waals surface area contributed by atoms with Gasteiger partial charge in [-0.3, -0.25) is 0 Å². The molecule has 0 amide bonds. The van der Waals surface area contributed by atoms with Crippen LogP contribution < -0.4 is 5.32 Å². The van der Waals surface area contributed by atoms with E-state index in [2.05, 4.69) is 30.1 Å². The zero-order valence-electron chi connectivity index (χ0n) is 12.5. The van der Waals surface area contributed by atoms with Gasteiger partial charge in [0.15, 0.2) is 0 Å². The van der Waals surface area contributed by atoms with Crippen molar-refractivity contribution >= 4 is 22.9 Å². The van der Waals surface area contributed by atoms with Crippen LogP contribution in [0.2, 0.25) is 4.34 Å². The molecule has 0 spiro atoms. The highest BCUT2D eigenvalue weighted by molar-refractivity contribution is 7.16. The van der Waals surface area contributed by atoms with Gasteiger partial charge in [-0.15, -0.1) is 11.3 Å². The maximum absolute atomic E-state index is 6.20. The minimum Gasteiger partial charge on any atom is -0.307 e. The molecule has 1 fully saturated rings. The zero-order valence-corrected chi connectivity index (χ0v) is 14.1. The maximum atomic E-state index is 6.20. The van der Waals surface area contributed by atoms with Gasteiger partial charge >= 0.3 is 0 Å². The van der Waals surface area contributed by atoms with Crippen molar-refractivity contribution in [2.75, 3.05) is 13.1 Å². The number of rotatable bonds is 3. The summed E-state index contributed by atoms with van der Waals surface area (Å²) in [5, 5.41) is 3.91. The van der Waals surface area contributed by atoms with E-state index in [9.17, 15) is 0 Å². The van der Waals surface area contributed by atoms with Gasteiger partial charge in [0.2, 0.25) is 0 Å². The minimum absolute atomic E-state index is 0.540. The summed E-state index contributed by atoms with van der Waals surface area (Å²) in [6, 6.07) is 4.10. The standard InChI is InChI=1S/C16H25ClN2S/c1-11(2)19-8-6-12(7-9-19)18-14-4-3-5-15-13(14)10-16(17)20-15/h10-12,14,18H,3-9H2,1-2H3. The normalized spacial score (nSPS) is 25.1. The summed E-state index contributed by atoms with van der Waals surface area (Å²) in [5.74, 6) is 0. The number of thiophene rings is 1. The third-order valence-corrected chi connectivity index (χ3v) is 6.12. The number of aryl methyl sites for hydroxylation is 1. The van der Waals surface area contributed by atoms with E-state index in [0.717, 1.165) is 4.34 Å². The number of nitrogens with one attached hydrogen (secondary N) is 1. The lowest BCUT2D eigenvalue weighted by atomic mass is 9.92. The van der Waals surface area contributed by atoms with Crippen molar-refractivity contribution in [1.29, 1.82) is 0 Å². The first-order valence-corrected chi connectivity index (χ1v) is 9.11. The maximum Gasteiger partial charge on any atom is 0.0934 e. The molecule has 2 nitrogen and oxygen atoms in total. The Kier molecular flexibility index (Phi) is 4.71. The fourth-order valence-corrected chi connectivity index (χ4v) is 4.95. The molecule has 1 N–H and O–H groups in total. The molecule has 1 aromatic heterocycles. The predicted molar refractivity (Wildman–Crippen MR) is 87.9 cm³/mol. The van der Waals surface area contributed by atoms with Crippen LogP contribution in [0, 0.1) is 0 Å². The summed E-state index contributed by atoms with van der Waals surface area (Å²) in [7, 11) is 0. The first kappa shape index (κ1) is 14.8. The summed E-state index contributed by atoms with van der Waals surface area (Å²) in [4.78, 5) is 4.10. The molecule has 0 aromatic carbocycles. The molecule has 0 saturated carbocycles. The Hall–Kier alpha value is -0.0900. The molecule has 1 aliphatic heterocycles. The number of hydrogen-bond donors (Lipinski definition) is 1. The van der Waals surface area contributed by atoms with Crippen molar-refractivity contribution in [2.45, 2.75) is 64.1 Å². The van der Waals surface area contributed by atoms with Crippen LogP contribution in [0.4, 0.5) is 0 Å². The van der Waals surface area contributed by atoms with Gasteiger partial charge in [-0.25, -0.2) is 0 Å². The van der Waals surface area contributed by atoms with Crippen LogP contribution >= 0.6 is 22.9 Å². The van der Waals surface area contributed by atoms with Gasteiger partial charge in [-0.05, 0) is 70.7 Å². The van der Waals surface area contributed by atoms with Gasteiger partial charge in [0.05, 0.1) is 4.34 Å². The van der Waals surface area contributed by atoms with E-state index in [1.807, 2.05) is 0 Å². The first-order valence-electron chi connectivity index (χ1n) is 7.91. The fraction of sp³-hybridized carbons (Fsp3) is 0.750. The largest absolute Gasteiger partial charge is 0.307 e. The van der Waals surface area contributed by atoms with Gasteiger partial charge in [0.1, 0.15) is 0 Å². The second-order valence-corrected chi connectivity index (χ2v) is 8.21. The molecule has 0 radical (unpaired) electrons. The minimum atomic E-state index is 0.540. The van der Waals surface area contributed by atoms with Gasteiger partial charge in [-0.1, -0.05) is 11.6 Å². The Bertz CT molecular complexity index is 449. The molecule has 2 aliphatic rings. The molecule has 3 rings (SSSR count). The second-order valence-electron chi connectivity index (χ2n) is 6.44. The lowest BCUT2D eigenvalue weighted by Crippen LogP contribution is -2.46. The van der Waals surface area contributed by atoms with Crippen LogP contribution in [0.1, 0.15) is 56.0 Å². The zero-order chi connectivity index (χ0) is 14.1. The topological polar surface area (TPSA) is 15.3 Å². The molecule has 1 saturated heterocycles. The molecule has 4 heteroatoms. The Morgan fingerprint density at radius 2 is 2.05 bits per heavy atom. The average Bonchev–Trinajstić information content (AvgIpc) is 2.81. The highest BCUT2D eigenvalue weighted by Crippen LogP contribution is 2.38. The third kappa shape index (κ3) is 3.22. The van der Waals surface area contributed by atoms with Crippen LogP contribution in [-0.4, -0.2) is 30.1 Å². The van der Waals surface area contributed by atoms with Crippen LogP contribution in [0.5, 0.6) is 0 Å². The molecule has 2 heterocycles. The molecule has 1 unspecified atom stereocenters. The number of fused-ring (bicyclic) bond motifs is 1. The molecule has 20 heavy (non-hydrogen) atoms. The lowest BCUT2D eigenvalue weighted by Gasteiger charge is -2.37. The smallest absolute Gasteiger partial charge is 0.0934 e. The SMILES string of the molecule is CC(C)N1CCC(NC2CCCc3sc(Cl)cc32)CC1. The van der Waals surface area contributed by atoms with Crippen LogP contribution in [0.25, 0.3) is 0 Å². The van der Waals surface area contributed by atoms with Crippen molar-refractivity contribution in [3.63, 3.8) is 0 Å². The van der Waals surface area contributed by atoms with Crippen LogP contribution in [0.15, 0.2) is 6.07 Å². The highest BCUT2D eigenvalue weighted by atomic mass is 35.5. The summed E-state index contributed by atoms with van der Waals surface area (Å²) in [6.07, 6.45) is 6.34. The molecular formula is C16H25ClN2S. The summed E-state index contributed by atoms with van der Waals surface area (Å²) < 4.78 is 0.957. The number of nitrogens with zero attached hydrogens (tertiary/aromatic N) is 1. The molecule has 0 bridgehead atoms. The van der Waals surface area contributed by atoms with E-state index in [1.54, 1.807) is 11.3 Å². The highest BCUT2D eigenvalue weighted by Gasteiger charge is 2.27. The molecule has 1 atom stereocenters. The molecular weight excluding hydrogens is 288 g/mol. The predicted octanol–water partition coefficient (Wildman–Crippen LogP) is 4.24. The summed E-state index contributed by atoms with van der Waals surface area (Å²) >= 11 is 7.97. The fourth-order valence-electron chi connectivity index (χ4n) is 3.56. The summed E-state index contributed by atoms with van der Waals surface area (Å²) in [5.41, 5.74) is 1.48. The Morgan fingerprint density at radius 3 is 2.75 bits per heavy atom. The first-order chi connectivity index (χ1) is 9.63. The Labute approximate surface area is 131 Å². The Morgan fingerprint density at radius 1 is 1.30 bits per heavy atom. The van der Waals surface area contributed by atoms with Crippen molar-refractivity contribution in [3.8, 4) is 0 Å². The van der Waals surface area contributed by atoms with Gasteiger partial charge in [0.25, 0.3) is 0 Å².